The summed E-state index contributed by atoms with van der Waals surface area (Å²) >= 11 is 0. The predicted molar refractivity (Wildman–Crippen MR) is 110 cm³/mol. The molecule has 0 aliphatic carbocycles. The largest absolute Gasteiger partial charge is 0.489 e. The lowest BCUT2D eigenvalue weighted by molar-refractivity contribution is 0.0944. The summed E-state index contributed by atoms with van der Waals surface area (Å²) in [5.41, 5.74) is 2.26. The van der Waals surface area contributed by atoms with Crippen molar-refractivity contribution in [1.82, 2.24) is 15.3 Å². The van der Waals surface area contributed by atoms with Gasteiger partial charge in [0.1, 0.15) is 18.1 Å². The second-order valence-electron chi connectivity index (χ2n) is 6.79. The minimum atomic E-state index is -0.205. The second-order valence-corrected chi connectivity index (χ2v) is 6.79. The molecule has 0 bridgehead atoms. The molecule has 0 atom stereocenters. The summed E-state index contributed by atoms with van der Waals surface area (Å²) in [4.78, 5) is 20.6. The number of carbonyl (C=O) groups is 1. The maximum absolute atomic E-state index is 12.1. The molecule has 144 valence electrons. The summed E-state index contributed by atoms with van der Waals surface area (Å²) in [5.74, 6) is 1.32. The molecule has 0 fully saturated rings. The Balaban J connectivity index is 1.58. The molecule has 2 aromatic carbocycles. The Morgan fingerprint density at radius 1 is 1.04 bits per heavy atom. The van der Waals surface area contributed by atoms with Crippen LogP contribution in [0.1, 0.15) is 29.9 Å². The van der Waals surface area contributed by atoms with Crippen molar-refractivity contribution in [1.29, 1.82) is 0 Å². The summed E-state index contributed by atoms with van der Waals surface area (Å²) in [6.45, 7) is 5.21. The number of rotatable bonds is 8. The van der Waals surface area contributed by atoms with Crippen molar-refractivity contribution < 1.29 is 9.53 Å². The number of hydrogen-bond donors (Lipinski definition) is 2. The van der Waals surface area contributed by atoms with E-state index in [0.29, 0.717) is 30.7 Å². The Hall–Kier alpha value is -3.41. The summed E-state index contributed by atoms with van der Waals surface area (Å²) in [7, 11) is 0. The van der Waals surface area contributed by atoms with Gasteiger partial charge >= 0.3 is 0 Å². The minimum Gasteiger partial charge on any atom is -0.489 e. The minimum absolute atomic E-state index is 0.205. The van der Waals surface area contributed by atoms with Crippen molar-refractivity contribution >= 4 is 17.5 Å². The van der Waals surface area contributed by atoms with Gasteiger partial charge in [0, 0.05) is 18.4 Å². The van der Waals surface area contributed by atoms with E-state index in [1.165, 1.54) is 0 Å². The molecule has 1 amide bonds. The van der Waals surface area contributed by atoms with E-state index >= 15 is 0 Å². The summed E-state index contributed by atoms with van der Waals surface area (Å²) < 4.78 is 5.78. The van der Waals surface area contributed by atoms with Crippen LogP contribution in [-0.2, 0) is 6.61 Å². The van der Waals surface area contributed by atoms with E-state index in [1.807, 2.05) is 68.4 Å². The van der Waals surface area contributed by atoms with Gasteiger partial charge in [0.05, 0.1) is 0 Å². The number of amides is 1. The third kappa shape index (κ3) is 5.81. The monoisotopic (exact) mass is 376 g/mol. The van der Waals surface area contributed by atoms with Gasteiger partial charge in [-0.25, -0.2) is 9.97 Å². The average molecular weight is 376 g/mol. The van der Waals surface area contributed by atoms with Gasteiger partial charge in [-0.05, 0) is 41.8 Å². The Morgan fingerprint density at radius 3 is 2.50 bits per heavy atom. The van der Waals surface area contributed by atoms with Crippen molar-refractivity contribution in [2.45, 2.75) is 20.5 Å². The fraction of sp³-hybridized carbons (Fsp3) is 0.227. The van der Waals surface area contributed by atoms with Gasteiger partial charge in [0.25, 0.3) is 5.91 Å². The van der Waals surface area contributed by atoms with Crippen LogP contribution in [0.15, 0.2) is 66.9 Å². The van der Waals surface area contributed by atoms with Crippen molar-refractivity contribution in [2.75, 3.05) is 11.9 Å². The number of ether oxygens (including phenoxy) is 1. The first-order chi connectivity index (χ1) is 13.6. The third-order valence-electron chi connectivity index (χ3n) is 3.92. The third-order valence-corrected chi connectivity index (χ3v) is 3.92. The van der Waals surface area contributed by atoms with Crippen molar-refractivity contribution in [3.63, 3.8) is 0 Å². The van der Waals surface area contributed by atoms with E-state index in [1.54, 1.807) is 12.3 Å². The molecule has 0 aliphatic rings. The molecule has 1 heterocycles. The standard InChI is InChI=1S/C22H24N4O2/c1-16(2)14-24-21(27)20-12-13-23-22(26-20)25-18-8-10-19(11-9-18)28-15-17-6-4-3-5-7-17/h3-13,16H,14-15H2,1-2H3,(H,24,27)(H,23,25,26). The van der Waals surface area contributed by atoms with Crippen molar-refractivity contribution in [3.8, 4) is 5.75 Å². The van der Waals surface area contributed by atoms with E-state index in [-0.39, 0.29) is 5.91 Å². The highest BCUT2D eigenvalue weighted by Crippen LogP contribution is 2.19. The SMILES string of the molecule is CC(C)CNC(=O)c1ccnc(Nc2ccc(OCc3ccccc3)cc2)n1. The number of anilines is 2. The molecule has 0 spiro atoms. The van der Waals surface area contributed by atoms with E-state index in [9.17, 15) is 4.79 Å². The molecular weight excluding hydrogens is 352 g/mol. The van der Waals surface area contributed by atoms with Gasteiger partial charge in [-0.3, -0.25) is 4.79 Å². The average Bonchev–Trinajstić information content (AvgIpc) is 2.72. The zero-order chi connectivity index (χ0) is 19.8. The Labute approximate surface area is 165 Å². The number of nitrogens with one attached hydrogen (secondary N) is 2. The molecule has 0 unspecified atom stereocenters. The van der Waals surface area contributed by atoms with Crippen LogP contribution >= 0.6 is 0 Å². The van der Waals surface area contributed by atoms with Crippen LogP contribution in [0.25, 0.3) is 0 Å². The van der Waals surface area contributed by atoms with Crippen molar-refractivity contribution in [2.24, 2.45) is 5.92 Å². The Morgan fingerprint density at radius 2 is 1.79 bits per heavy atom. The maximum atomic E-state index is 12.1. The number of carbonyl (C=O) groups excluding carboxylic acids is 1. The Kier molecular flexibility index (Phi) is 6.57. The molecule has 3 aromatic rings. The first kappa shape index (κ1) is 19.4. The molecule has 1 aromatic heterocycles. The number of benzene rings is 2. The summed E-state index contributed by atoms with van der Waals surface area (Å²) in [5, 5.41) is 5.96. The second kappa shape index (κ2) is 9.50. The molecule has 28 heavy (non-hydrogen) atoms. The Bertz CT molecular complexity index is 896. The number of hydrogen-bond acceptors (Lipinski definition) is 5. The summed E-state index contributed by atoms with van der Waals surface area (Å²) in [6, 6.07) is 19.1. The zero-order valence-electron chi connectivity index (χ0n) is 16.1. The maximum Gasteiger partial charge on any atom is 0.270 e. The molecule has 2 N–H and O–H groups in total. The molecule has 0 saturated carbocycles. The predicted octanol–water partition coefficient (Wildman–Crippen LogP) is 4.19. The molecule has 0 aliphatic heterocycles. The normalized spacial score (nSPS) is 10.5. The highest BCUT2D eigenvalue weighted by molar-refractivity contribution is 5.92. The highest BCUT2D eigenvalue weighted by atomic mass is 16.5. The number of nitrogens with zero attached hydrogens (tertiary/aromatic N) is 2. The highest BCUT2D eigenvalue weighted by Gasteiger charge is 2.09. The van der Waals surface area contributed by atoms with Crippen molar-refractivity contribution in [3.05, 3.63) is 78.1 Å². The van der Waals surface area contributed by atoms with Gasteiger partial charge in [-0.15, -0.1) is 0 Å². The fourth-order valence-electron chi connectivity index (χ4n) is 2.44. The van der Waals surface area contributed by atoms with Crippen LogP contribution < -0.4 is 15.4 Å². The zero-order valence-corrected chi connectivity index (χ0v) is 16.1. The first-order valence-corrected chi connectivity index (χ1v) is 9.25. The van der Waals surface area contributed by atoms with Gasteiger partial charge in [0.15, 0.2) is 0 Å². The van der Waals surface area contributed by atoms with Crippen LogP contribution in [0.3, 0.4) is 0 Å². The topological polar surface area (TPSA) is 76.1 Å². The molecule has 3 rings (SSSR count). The van der Waals surface area contributed by atoms with E-state index in [4.69, 9.17) is 4.74 Å². The van der Waals surface area contributed by atoms with Crippen LogP contribution in [0.5, 0.6) is 5.75 Å². The van der Waals surface area contributed by atoms with Crippen LogP contribution in [0.2, 0.25) is 0 Å². The van der Waals surface area contributed by atoms with E-state index < -0.39 is 0 Å². The van der Waals surface area contributed by atoms with Gasteiger partial charge < -0.3 is 15.4 Å². The van der Waals surface area contributed by atoms with Gasteiger partial charge in [0.2, 0.25) is 5.95 Å². The molecular formula is C22H24N4O2. The lowest BCUT2D eigenvalue weighted by Crippen LogP contribution is -2.28. The quantitative estimate of drug-likeness (QED) is 0.617. The molecule has 0 radical (unpaired) electrons. The van der Waals surface area contributed by atoms with E-state index in [2.05, 4.69) is 20.6 Å². The van der Waals surface area contributed by atoms with Crippen LogP contribution in [0, 0.1) is 5.92 Å². The van der Waals surface area contributed by atoms with E-state index in [0.717, 1.165) is 17.0 Å². The summed E-state index contributed by atoms with van der Waals surface area (Å²) in [6.07, 6.45) is 1.57. The van der Waals surface area contributed by atoms with Crippen LogP contribution in [-0.4, -0.2) is 22.4 Å². The molecule has 6 nitrogen and oxygen atoms in total. The van der Waals surface area contributed by atoms with Gasteiger partial charge in [-0.1, -0.05) is 44.2 Å². The number of aromatic nitrogens is 2. The lowest BCUT2D eigenvalue weighted by atomic mass is 10.2. The first-order valence-electron chi connectivity index (χ1n) is 9.25. The molecule has 6 heteroatoms. The fourth-order valence-corrected chi connectivity index (χ4v) is 2.44. The molecule has 0 saturated heterocycles. The smallest absolute Gasteiger partial charge is 0.270 e. The van der Waals surface area contributed by atoms with Gasteiger partial charge in [-0.2, -0.15) is 0 Å². The lowest BCUT2D eigenvalue weighted by Gasteiger charge is -2.10. The van der Waals surface area contributed by atoms with Crippen LogP contribution in [0.4, 0.5) is 11.6 Å².